The monoisotopic (exact) mass is 285 g/mol. The van der Waals surface area contributed by atoms with E-state index in [1.165, 1.54) is 0 Å². The molecule has 0 saturated carbocycles. The Bertz CT molecular complexity index is 593. The lowest BCUT2D eigenvalue weighted by molar-refractivity contribution is -0.120. The highest BCUT2D eigenvalue weighted by atomic mass is 16.5. The minimum absolute atomic E-state index is 0.0471. The summed E-state index contributed by atoms with van der Waals surface area (Å²) in [6.45, 7) is 0.587. The van der Waals surface area contributed by atoms with Gasteiger partial charge in [-0.3, -0.25) is 4.79 Å². The molecule has 2 aromatic carbocycles. The predicted octanol–water partition coefficient (Wildman–Crippen LogP) is 2.30. The van der Waals surface area contributed by atoms with Gasteiger partial charge in [-0.1, -0.05) is 24.3 Å². The molecule has 1 amide bonds. The summed E-state index contributed by atoms with van der Waals surface area (Å²) in [7, 11) is 1.64. The molecule has 21 heavy (non-hydrogen) atoms. The Hall–Kier alpha value is -2.49. The quantitative estimate of drug-likeness (QED) is 0.856. The number of carbonyl (C=O) groups is 1. The molecule has 0 heterocycles. The summed E-state index contributed by atoms with van der Waals surface area (Å²) in [5, 5.41) is 12.2. The number of carbonyl (C=O) groups excluding carboxylic acids is 1. The van der Waals surface area contributed by atoms with Gasteiger partial charge >= 0.3 is 0 Å². The number of amides is 1. The van der Waals surface area contributed by atoms with E-state index < -0.39 is 0 Å². The summed E-state index contributed by atoms with van der Waals surface area (Å²) in [5.74, 6) is 0.958. The van der Waals surface area contributed by atoms with Crippen LogP contribution in [0.15, 0.2) is 48.5 Å². The van der Waals surface area contributed by atoms with Gasteiger partial charge in [0.15, 0.2) is 0 Å². The summed E-state index contributed by atoms with van der Waals surface area (Å²) in [6, 6.07) is 14.5. The molecule has 2 aromatic rings. The second kappa shape index (κ2) is 7.33. The first-order chi connectivity index (χ1) is 10.2. The lowest BCUT2D eigenvalue weighted by Crippen LogP contribution is -2.27. The summed E-state index contributed by atoms with van der Waals surface area (Å²) >= 11 is 0. The van der Waals surface area contributed by atoms with Crippen LogP contribution in [0.3, 0.4) is 0 Å². The van der Waals surface area contributed by atoms with E-state index in [1.54, 1.807) is 25.3 Å². The molecule has 0 aliphatic heterocycles. The van der Waals surface area contributed by atoms with Crippen LogP contribution in [-0.2, 0) is 17.6 Å². The van der Waals surface area contributed by atoms with Crippen LogP contribution in [0.5, 0.6) is 11.5 Å². The van der Waals surface area contributed by atoms with Crippen molar-refractivity contribution in [3.8, 4) is 11.5 Å². The molecule has 4 heteroatoms. The third-order valence-corrected chi connectivity index (χ3v) is 3.17. The van der Waals surface area contributed by atoms with Crippen molar-refractivity contribution in [2.75, 3.05) is 13.7 Å². The van der Waals surface area contributed by atoms with E-state index in [9.17, 15) is 9.90 Å². The summed E-state index contributed by atoms with van der Waals surface area (Å²) in [6.07, 6.45) is 1.05. The van der Waals surface area contributed by atoms with E-state index in [2.05, 4.69) is 5.32 Å². The van der Waals surface area contributed by atoms with Crippen molar-refractivity contribution in [2.24, 2.45) is 0 Å². The molecule has 0 aromatic heterocycles. The average Bonchev–Trinajstić information content (AvgIpc) is 2.48. The molecule has 0 bridgehead atoms. The Morgan fingerprint density at radius 3 is 2.57 bits per heavy atom. The van der Waals surface area contributed by atoms with Gasteiger partial charge in [0.2, 0.25) is 5.91 Å². The van der Waals surface area contributed by atoms with Gasteiger partial charge in [-0.2, -0.15) is 0 Å². The zero-order valence-corrected chi connectivity index (χ0v) is 12.0. The van der Waals surface area contributed by atoms with Crippen molar-refractivity contribution in [1.82, 2.24) is 5.32 Å². The molecule has 0 fully saturated rings. The van der Waals surface area contributed by atoms with Crippen LogP contribution in [0, 0.1) is 0 Å². The number of benzene rings is 2. The average molecular weight is 285 g/mol. The first kappa shape index (κ1) is 14.9. The normalized spacial score (nSPS) is 10.1. The van der Waals surface area contributed by atoms with Crippen molar-refractivity contribution >= 4 is 5.91 Å². The van der Waals surface area contributed by atoms with Crippen LogP contribution in [0.1, 0.15) is 11.1 Å². The number of phenolic OH excluding ortho intramolecular Hbond substituents is 1. The Labute approximate surface area is 124 Å². The van der Waals surface area contributed by atoms with Gasteiger partial charge < -0.3 is 15.2 Å². The van der Waals surface area contributed by atoms with E-state index in [0.717, 1.165) is 23.3 Å². The van der Waals surface area contributed by atoms with Crippen LogP contribution in [0.2, 0.25) is 0 Å². The van der Waals surface area contributed by atoms with Crippen LogP contribution in [0.4, 0.5) is 0 Å². The fourth-order valence-electron chi connectivity index (χ4n) is 2.05. The highest BCUT2D eigenvalue weighted by Crippen LogP contribution is 2.12. The van der Waals surface area contributed by atoms with Crippen LogP contribution < -0.4 is 10.1 Å². The number of methoxy groups -OCH3 is 1. The molecule has 0 atom stereocenters. The molecule has 0 unspecified atom stereocenters. The van der Waals surface area contributed by atoms with Crippen LogP contribution in [0.25, 0.3) is 0 Å². The maximum atomic E-state index is 11.8. The Morgan fingerprint density at radius 2 is 1.90 bits per heavy atom. The molecule has 0 aliphatic rings. The van der Waals surface area contributed by atoms with E-state index >= 15 is 0 Å². The Morgan fingerprint density at radius 1 is 1.14 bits per heavy atom. The van der Waals surface area contributed by atoms with Gasteiger partial charge in [-0.25, -0.2) is 0 Å². The SMILES string of the molecule is COc1ccc(CCNC(=O)Cc2cccc(O)c2)cc1. The van der Waals surface area contributed by atoms with E-state index in [4.69, 9.17) is 4.74 Å². The summed E-state index contributed by atoms with van der Waals surface area (Å²) < 4.78 is 5.10. The molecule has 2 rings (SSSR count). The molecular weight excluding hydrogens is 266 g/mol. The molecule has 0 aliphatic carbocycles. The van der Waals surface area contributed by atoms with Crippen LogP contribution in [-0.4, -0.2) is 24.7 Å². The number of hydrogen-bond acceptors (Lipinski definition) is 3. The van der Waals surface area contributed by atoms with Crippen LogP contribution >= 0.6 is 0 Å². The molecule has 110 valence electrons. The lowest BCUT2D eigenvalue weighted by Gasteiger charge is -2.06. The Balaban J connectivity index is 1.76. The molecular formula is C17H19NO3. The minimum Gasteiger partial charge on any atom is -0.508 e. The smallest absolute Gasteiger partial charge is 0.224 e. The molecule has 0 saturated heterocycles. The zero-order valence-electron chi connectivity index (χ0n) is 12.0. The molecule has 4 nitrogen and oxygen atoms in total. The molecule has 2 N–H and O–H groups in total. The summed E-state index contributed by atoms with van der Waals surface area (Å²) in [4.78, 5) is 11.8. The van der Waals surface area contributed by atoms with Crippen molar-refractivity contribution in [3.05, 3.63) is 59.7 Å². The first-order valence-corrected chi connectivity index (χ1v) is 6.85. The fourth-order valence-corrected chi connectivity index (χ4v) is 2.05. The number of phenols is 1. The highest BCUT2D eigenvalue weighted by Gasteiger charge is 2.03. The largest absolute Gasteiger partial charge is 0.508 e. The van der Waals surface area contributed by atoms with Crippen molar-refractivity contribution in [1.29, 1.82) is 0 Å². The topological polar surface area (TPSA) is 58.6 Å². The zero-order chi connectivity index (χ0) is 15.1. The standard InChI is InChI=1S/C17H19NO3/c1-21-16-7-5-13(6-8-16)9-10-18-17(20)12-14-3-2-4-15(19)11-14/h2-8,11,19H,9-10,12H2,1H3,(H,18,20). The maximum absolute atomic E-state index is 11.8. The number of ether oxygens (including phenoxy) is 1. The highest BCUT2D eigenvalue weighted by molar-refractivity contribution is 5.78. The first-order valence-electron chi connectivity index (χ1n) is 6.85. The van der Waals surface area contributed by atoms with Gasteiger partial charge in [0.05, 0.1) is 13.5 Å². The van der Waals surface area contributed by atoms with Gasteiger partial charge in [0, 0.05) is 6.54 Å². The van der Waals surface area contributed by atoms with Gasteiger partial charge in [-0.15, -0.1) is 0 Å². The number of nitrogens with one attached hydrogen (secondary N) is 1. The van der Waals surface area contributed by atoms with Crippen molar-refractivity contribution < 1.29 is 14.6 Å². The number of hydrogen-bond donors (Lipinski definition) is 2. The lowest BCUT2D eigenvalue weighted by atomic mass is 10.1. The predicted molar refractivity (Wildman–Crippen MR) is 81.5 cm³/mol. The fraction of sp³-hybridized carbons (Fsp3) is 0.235. The maximum Gasteiger partial charge on any atom is 0.224 e. The number of aromatic hydroxyl groups is 1. The van der Waals surface area contributed by atoms with E-state index in [1.807, 2.05) is 30.3 Å². The molecule has 0 radical (unpaired) electrons. The minimum atomic E-state index is -0.0471. The second-order valence-electron chi connectivity index (χ2n) is 4.79. The second-order valence-corrected chi connectivity index (χ2v) is 4.79. The van der Waals surface area contributed by atoms with Crippen molar-refractivity contribution in [3.63, 3.8) is 0 Å². The van der Waals surface area contributed by atoms with E-state index in [0.29, 0.717) is 6.54 Å². The third kappa shape index (κ3) is 4.84. The molecule has 0 spiro atoms. The van der Waals surface area contributed by atoms with E-state index in [-0.39, 0.29) is 18.1 Å². The van der Waals surface area contributed by atoms with Gasteiger partial charge in [0.1, 0.15) is 11.5 Å². The summed E-state index contributed by atoms with van der Waals surface area (Å²) in [5.41, 5.74) is 1.95. The van der Waals surface area contributed by atoms with Gasteiger partial charge in [-0.05, 0) is 41.8 Å². The Kier molecular flexibility index (Phi) is 5.21. The van der Waals surface area contributed by atoms with Crippen molar-refractivity contribution in [2.45, 2.75) is 12.8 Å². The van der Waals surface area contributed by atoms with Gasteiger partial charge in [0.25, 0.3) is 0 Å². The third-order valence-electron chi connectivity index (χ3n) is 3.17. The number of rotatable bonds is 6.